The normalized spacial score (nSPS) is 12.6. The number of alkyl carbamates (subject to hydrolysis) is 1. The third-order valence-corrected chi connectivity index (χ3v) is 2.57. The summed E-state index contributed by atoms with van der Waals surface area (Å²) in [6.45, 7) is 4.44. The van der Waals surface area contributed by atoms with E-state index in [1.54, 1.807) is 45.0 Å². The summed E-state index contributed by atoms with van der Waals surface area (Å²) in [7, 11) is 0. The Kier molecular flexibility index (Phi) is 5.69. The van der Waals surface area contributed by atoms with Gasteiger partial charge in [-0.05, 0) is 31.9 Å². The SMILES string of the molecule is CC(C)(C)OC(=O)N[C@H](Cc1cccc(CF)c1)C(=O)O. The molecule has 0 spiro atoms. The highest BCUT2D eigenvalue weighted by Gasteiger charge is 2.24. The lowest BCUT2D eigenvalue weighted by Gasteiger charge is -2.22. The molecule has 5 nitrogen and oxygen atoms in total. The summed E-state index contributed by atoms with van der Waals surface area (Å²) >= 11 is 0. The van der Waals surface area contributed by atoms with E-state index in [-0.39, 0.29) is 6.42 Å². The fourth-order valence-electron chi connectivity index (χ4n) is 1.73. The molecule has 6 heteroatoms. The number of halogens is 1. The van der Waals surface area contributed by atoms with Crippen LogP contribution in [0.25, 0.3) is 0 Å². The molecule has 0 radical (unpaired) electrons. The molecular formula is C15H20FNO4. The van der Waals surface area contributed by atoms with Gasteiger partial charge in [-0.3, -0.25) is 0 Å². The number of carbonyl (C=O) groups excluding carboxylic acids is 1. The van der Waals surface area contributed by atoms with Crippen LogP contribution in [-0.2, 0) is 22.6 Å². The number of nitrogens with one attached hydrogen (secondary N) is 1. The van der Waals surface area contributed by atoms with Crippen molar-refractivity contribution in [2.24, 2.45) is 0 Å². The number of aliphatic carboxylic acids is 1. The van der Waals surface area contributed by atoms with E-state index in [1.165, 1.54) is 0 Å². The van der Waals surface area contributed by atoms with Gasteiger partial charge in [-0.1, -0.05) is 24.3 Å². The predicted octanol–water partition coefficient (Wildman–Crippen LogP) is 2.68. The number of ether oxygens (including phenoxy) is 1. The van der Waals surface area contributed by atoms with E-state index in [9.17, 15) is 14.0 Å². The molecule has 0 saturated heterocycles. The largest absolute Gasteiger partial charge is 0.480 e. The van der Waals surface area contributed by atoms with E-state index < -0.39 is 30.4 Å². The summed E-state index contributed by atoms with van der Waals surface area (Å²) in [5.74, 6) is -1.17. The first kappa shape index (κ1) is 16.9. The minimum absolute atomic E-state index is 0.0580. The third-order valence-electron chi connectivity index (χ3n) is 2.57. The Bertz CT molecular complexity index is 511. The zero-order valence-electron chi connectivity index (χ0n) is 12.4. The first-order valence-corrected chi connectivity index (χ1v) is 6.57. The summed E-state index contributed by atoms with van der Waals surface area (Å²) < 4.78 is 17.6. The van der Waals surface area contributed by atoms with Gasteiger partial charge in [0, 0.05) is 6.42 Å². The topological polar surface area (TPSA) is 75.6 Å². The van der Waals surface area contributed by atoms with Crippen LogP contribution >= 0.6 is 0 Å². The molecule has 0 heterocycles. The lowest BCUT2D eigenvalue weighted by Crippen LogP contribution is -2.44. The van der Waals surface area contributed by atoms with Crippen molar-refractivity contribution in [1.29, 1.82) is 0 Å². The first-order chi connectivity index (χ1) is 9.71. The fourth-order valence-corrected chi connectivity index (χ4v) is 1.73. The molecule has 0 aliphatic carbocycles. The Morgan fingerprint density at radius 3 is 2.48 bits per heavy atom. The Hall–Kier alpha value is -2.11. The Morgan fingerprint density at radius 2 is 1.95 bits per heavy atom. The maximum absolute atomic E-state index is 12.6. The van der Waals surface area contributed by atoms with Crippen molar-refractivity contribution in [3.8, 4) is 0 Å². The van der Waals surface area contributed by atoms with Crippen LogP contribution in [0.1, 0.15) is 31.9 Å². The molecule has 0 fully saturated rings. The molecule has 1 aromatic carbocycles. The fraction of sp³-hybridized carbons (Fsp3) is 0.467. The molecule has 0 aliphatic rings. The van der Waals surface area contributed by atoms with Crippen molar-refractivity contribution in [3.05, 3.63) is 35.4 Å². The second-order valence-electron chi connectivity index (χ2n) is 5.69. The molecule has 1 amide bonds. The van der Waals surface area contributed by atoms with Crippen molar-refractivity contribution < 1.29 is 23.8 Å². The monoisotopic (exact) mass is 297 g/mol. The van der Waals surface area contributed by atoms with Crippen LogP contribution in [0.5, 0.6) is 0 Å². The van der Waals surface area contributed by atoms with Crippen molar-refractivity contribution in [1.82, 2.24) is 5.32 Å². The highest BCUT2D eigenvalue weighted by atomic mass is 19.1. The molecule has 2 N–H and O–H groups in total. The molecule has 0 saturated carbocycles. The quantitative estimate of drug-likeness (QED) is 0.876. The average Bonchev–Trinajstić information content (AvgIpc) is 2.36. The number of carboxylic acid groups (broad SMARTS) is 1. The summed E-state index contributed by atoms with van der Waals surface area (Å²) in [5, 5.41) is 11.5. The second kappa shape index (κ2) is 7.06. The molecule has 0 unspecified atom stereocenters. The van der Waals surface area contributed by atoms with E-state index in [2.05, 4.69) is 5.32 Å². The highest BCUT2D eigenvalue weighted by molar-refractivity contribution is 5.80. The average molecular weight is 297 g/mol. The number of amides is 1. The number of carbonyl (C=O) groups is 2. The van der Waals surface area contributed by atoms with Gasteiger partial charge in [0.15, 0.2) is 0 Å². The minimum Gasteiger partial charge on any atom is -0.480 e. The van der Waals surface area contributed by atoms with Gasteiger partial charge in [-0.15, -0.1) is 0 Å². The Balaban J connectivity index is 2.74. The van der Waals surface area contributed by atoms with Crippen molar-refractivity contribution >= 4 is 12.1 Å². The van der Waals surface area contributed by atoms with Crippen LogP contribution < -0.4 is 5.32 Å². The van der Waals surface area contributed by atoms with E-state index >= 15 is 0 Å². The summed E-state index contributed by atoms with van der Waals surface area (Å²) in [5.41, 5.74) is 0.392. The van der Waals surface area contributed by atoms with Crippen LogP contribution in [0, 0.1) is 0 Å². The number of rotatable bonds is 5. The van der Waals surface area contributed by atoms with Crippen molar-refractivity contribution in [3.63, 3.8) is 0 Å². The number of alkyl halides is 1. The second-order valence-corrected chi connectivity index (χ2v) is 5.69. The van der Waals surface area contributed by atoms with Crippen molar-refractivity contribution in [2.75, 3.05) is 0 Å². The van der Waals surface area contributed by atoms with E-state index in [1.807, 2.05) is 0 Å². The third kappa shape index (κ3) is 6.25. The van der Waals surface area contributed by atoms with Gasteiger partial charge in [-0.2, -0.15) is 0 Å². The molecule has 0 bridgehead atoms. The minimum atomic E-state index is -1.17. The molecule has 0 aliphatic heterocycles. The Morgan fingerprint density at radius 1 is 1.33 bits per heavy atom. The Labute approximate surface area is 123 Å². The first-order valence-electron chi connectivity index (χ1n) is 6.57. The smallest absolute Gasteiger partial charge is 0.408 e. The molecule has 1 rings (SSSR count). The predicted molar refractivity (Wildman–Crippen MR) is 75.8 cm³/mol. The van der Waals surface area contributed by atoms with E-state index in [0.717, 1.165) is 0 Å². The van der Waals surface area contributed by atoms with E-state index in [4.69, 9.17) is 9.84 Å². The van der Waals surface area contributed by atoms with Gasteiger partial charge in [0.1, 0.15) is 18.3 Å². The molecule has 1 aromatic rings. The maximum Gasteiger partial charge on any atom is 0.408 e. The zero-order valence-corrected chi connectivity index (χ0v) is 12.4. The van der Waals surface area contributed by atoms with Crippen LogP contribution in [0.4, 0.5) is 9.18 Å². The van der Waals surface area contributed by atoms with Crippen LogP contribution in [0.3, 0.4) is 0 Å². The number of hydrogen-bond acceptors (Lipinski definition) is 3. The summed E-state index contributed by atoms with van der Waals surface area (Å²) in [6, 6.07) is 5.39. The van der Waals surface area contributed by atoms with Gasteiger partial charge in [0.25, 0.3) is 0 Å². The molecule has 116 valence electrons. The van der Waals surface area contributed by atoms with Gasteiger partial charge in [0.2, 0.25) is 0 Å². The molecule has 1 atom stereocenters. The van der Waals surface area contributed by atoms with Gasteiger partial charge in [0.05, 0.1) is 0 Å². The maximum atomic E-state index is 12.6. The van der Waals surface area contributed by atoms with Crippen LogP contribution in [0.2, 0.25) is 0 Å². The van der Waals surface area contributed by atoms with E-state index in [0.29, 0.717) is 11.1 Å². The zero-order chi connectivity index (χ0) is 16.0. The standard InChI is InChI=1S/C15H20FNO4/c1-15(2,3)21-14(20)17-12(13(18)19)8-10-5-4-6-11(7-10)9-16/h4-7,12H,8-9H2,1-3H3,(H,17,20)(H,18,19)/t12-/m1/s1. The van der Waals surface area contributed by atoms with Gasteiger partial charge >= 0.3 is 12.1 Å². The lowest BCUT2D eigenvalue weighted by atomic mass is 10.0. The van der Waals surface area contributed by atoms with Gasteiger partial charge in [-0.25, -0.2) is 14.0 Å². The molecule has 21 heavy (non-hydrogen) atoms. The highest BCUT2D eigenvalue weighted by Crippen LogP contribution is 2.11. The summed E-state index contributed by atoms with van der Waals surface area (Å²) in [4.78, 5) is 22.8. The number of benzene rings is 1. The summed E-state index contributed by atoms with van der Waals surface area (Å²) in [6.07, 6.45) is -0.737. The van der Waals surface area contributed by atoms with Crippen LogP contribution in [-0.4, -0.2) is 28.8 Å². The van der Waals surface area contributed by atoms with Gasteiger partial charge < -0.3 is 15.2 Å². The number of hydrogen-bond donors (Lipinski definition) is 2. The van der Waals surface area contributed by atoms with Crippen LogP contribution in [0.15, 0.2) is 24.3 Å². The lowest BCUT2D eigenvalue weighted by molar-refractivity contribution is -0.139. The van der Waals surface area contributed by atoms with Crippen molar-refractivity contribution in [2.45, 2.75) is 45.5 Å². The molecule has 0 aromatic heterocycles. The molecular weight excluding hydrogens is 277 g/mol. The number of carboxylic acids is 1.